The predicted molar refractivity (Wildman–Crippen MR) is 65.6 cm³/mol. The molecule has 0 unspecified atom stereocenters. The smallest absolute Gasteiger partial charge is 0.368 e. The highest BCUT2D eigenvalue weighted by atomic mass is 16.4. The summed E-state index contributed by atoms with van der Waals surface area (Å²) in [5.74, 6) is -1.43. The zero-order valence-corrected chi connectivity index (χ0v) is 9.11. The van der Waals surface area contributed by atoms with Crippen molar-refractivity contribution >= 4 is 12.3 Å². The van der Waals surface area contributed by atoms with Crippen molar-refractivity contribution < 1.29 is 14.7 Å². The number of carbonyl (C=O) groups excluding carboxylic acids is 1. The highest BCUT2D eigenvalue weighted by Crippen LogP contribution is 2.17. The summed E-state index contributed by atoms with van der Waals surface area (Å²) in [6.07, 6.45) is -0.167. The van der Waals surface area contributed by atoms with Gasteiger partial charge in [0.05, 0.1) is 0 Å². The van der Waals surface area contributed by atoms with Gasteiger partial charge in [-0.3, -0.25) is 4.79 Å². The maximum Gasteiger partial charge on any atom is 0.368 e. The highest BCUT2D eigenvalue weighted by molar-refractivity contribution is 6.19. The highest BCUT2D eigenvalue weighted by Gasteiger charge is 1.91. The average Bonchev–Trinajstić information content (AvgIpc) is 2.41. The first-order valence-electron chi connectivity index (χ1n) is 5.02. The molecule has 0 saturated heterocycles. The monoisotopic (exact) mass is 228 g/mol. The molecular formula is C14H12O3. The van der Waals surface area contributed by atoms with Gasteiger partial charge in [0.1, 0.15) is 0 Å². The second kappa shape index (κ2) is 6.95. The van der Waals surface area contributed by atoms with Crippen molar-refractivity contribution in [3.63, 3.8) is 0 Å². The Morgan fingerprint density at radius 3 is 1.35 bits per heavy atom. The molecule has 3 heteroatoms. The van der Waals surface area contributed by atoms with Crippen LogP contribution in [0.4, 0.5) is 0 Å². The van der Waals surface area contributed by atoms with Crippen molar-refractivity contribution in [1.82, 2.24) is 0 Å². The molecule has 2 aromatic rings. The van der Waals surface area contributed by atoms with Gasteiger partial charge in [0.15, 0.2) is 0 Å². The SMILES string of the molecule is O=CC(=O)O.c1ccc(-c2ccccc2)cc1. The molecule has 1 N–H and O–H groups in total. The van der Waals surface area contributed by atoms with Crippen LogP contribution in [0.1, 0.15) is 0 Å². The number of aliphatic carboxylic acids is 1. The maximum absolute atomic E-state index is 9.00. The van der Waals surface area contributed by atoms with Crippen molar-refractivity contribution in [3.8, 4) is 11.1 Å². The maximum atomic E-state index is 9.00. The van der Waals surface area contributed by atoms with E-state index >= 15 is 0 Å². The van der Waals surface area contributed by atoms with Crippen LogP contribution in [0.2, 0.25) is 0 Å². The molecule has 0 aliphatic heterocycles. The van der Waals surface area contributed by atoms with Crippen molar-refractivity contribution in [2.75, 3.05) is 0 Å². The van der Waals surface area contributed by atoms with Gasteiger partial charge < -0.3 is 5.11 Å². The fourth-order valence-electron chi connectivity index (χ4n) is 1.26. The van der Waals surface area contributed by atoms with Crippen LogP contribution in [-0.4, -0.2) is 17.4 Å². The zero-order chi connectivity index (χ0) is 12.5. The van der Waals surface area contributed by atoms with E-state index in [1.165, 1.54) is 11.1 Å². The number of carbonyl (C=O) groups is 2. The van der Waals surface area contributed by atoms with Crippen LogP contribution in [-0.2, 0) is 9.59 Å². The molecule has 0 spiro atoms. The molecule has 0 aliphatic rings. The van der Waals surface area contributed by atoms with E-state index < -0.39 is 5.97 Å². The number of rotatable bonds is 2. The Kier molecular flexibility index (Phi) is 5.17. The topological polar surface area (TPSA) is 54.4 Å². The first-order valence-corrected chi connectivity index (χ1v) is 5.02. The van der Waals surface area contributed by atoms with E-state index in [0.29, 0.717) is 0 Å². The lowest BCUT2D eigenvalue weighted by Crippen LogP contribution is -1.91. The molecule has 0 aromatic heterocycles. The number of hydrogen-bond acceptors (Lipinski definition) is 2. The molecule has 0 heterocycles. The van der Waals surface area contributed by atoms with Gasteiger partial charge in [-0.15, -0.1) is 0 Å². The lowest BCUT2D eigenvalue weighted by molar-refractivity contribution is -0.143. The average molecular weight is 228 g/mol. The summed E-state index contributed by atoms with van der Waals surface area (Å²) in [6.45, 7) is 0. The van der Waals surface area contributed by atoms with E-state index in [4.69, 9.17) is 14.7 Å². The minimum absolute atomic E-state index is 0.167. The summed E-state index contributed by atoms with van der Waals surface area (Å²) in [7, 11) is 0. The third-order valence-corrected chi connectivity index (χ3v) is 1.98. The van der Waals surface area contributed by atoms with Crippen LogP contribution in [0.25, 0.3) is 11.1 Å². The zero-order valence-electron chi connectivity index (χ0n) is 9.11. The standard InChI is InChI=1S/C12H10.C2H2O3/c1-3-7-11(8-4-1)12-9-5-2-6-10-12;3-1-2(4)5/h1-10H;1H,(H,4,5). The third kappa shape index (κ3) is 4.75. The number of benzene rings is 2. The van der Waals surface area contributed by atoms with Crippen molar-refractivity contribution in [1.29, 1.82) is 0 Å². The molecule has 0 fully saturated rings. The Labute approximate surface area is 99.3 Å². The molecule has 0 amide bonds. The largest absolute Gasteiger partial charge is 0.476 e. The quantitative estimate of drug-likeness (QED) is 0.635. The Hall–Kier alpha value is -2.42. The number of carboxylic acids is 1. The lowest BCUT2D eigenvalue weighted by Gasteiger charge is -1.98. The van der Waals surface area contributed by atoms with Gasteiger partial charge >= 0.3 is 5.97 Å². The molecule has 17 heavy (non-hydrogen) atoms. The molecule has 0 radical (unpaired) electrons. The first-order chi connectivity index (χ1) is 8.24. The van der Waals surface area contributed by atoms with Crippen LogP contribution in [0.5, 0.6) is 0 Å². The fraction of sp³-hybridized carbons (Fsp3) is 0. The van der Waals surface area contributed by atoms with Crippen molar-refractivity contribution in [3.05, 3.63) is 60.7 Å². The first kappa shape index (κ1) is 12.6. The van der Waals surface area contributed by atoms with Gasteiger partial charge in [-0.05, 0) is 11.1 Å². The van der Waals surface area contributed by atoms with Crippen LogP contribution in [0.15, 0.2) is 60.7 Å². The van der Waals surface area contributed by atoms with Crippen LogP contribution < -0.4 is 0 Å². The molecule has 0 atom stereocenters. The summed E-state index contributed by atoms with van der Waals surface area (Å²) in [5.41, 5.74) is 2.55. The van der Waals surface area contributed by atoms with E-state index in [0.717, 1.165) is 0 Å². The van der Waals surface area contributed by atoms with Crippen LogP contribution >= 0.6 is 0 Å². The van der Waals surface area contributed by atoms with E-state index in [1.807, 2.05) is 12.1 Å². The van der Waals surface area contributed by atoms with Gasteiger partial charge in [0.2, 0.25) is 6.29 Å². The van der Waals surface area contributed by atoms with Crippen LogP contribution in [0, 0.1) is 0 Å². The minimum atomic E-state index is -1.43. The Morgan fingerprint density at radius 1 is 0.824 bits per heavy atom. The van der Waals surface area contributed by atoms with Gasteiger partial charge in [0.25, 0.3) is 0 Å². The summed E-state index contributed by atoms with van der Waals surface area (Å²) >= 11 is 0. The van der Waals surface area contributed by atoms with Gasteiger partial charge in [-0.25, -0.2) is 4.79 Å². The second-order valence-corrected chi connectivity index (χ2v) is 3.19. The third-order valence-electron chi connectivity index (χ3n) is 1.98. The van der Waals surface area contributed by atoms with Crippen molar-refractivity contribution in [2.45, 2.75) is 0 Å². The lowest BCUT2D eigenvalue weighted by atomic mass is 10.1. The molecule has 0 saturated carbocycles. The van der Waals surface area contributed by atoms with E-state index in [2.05, 4.69) is 48.5 Å². The minimum Gasteiger partial charge on any atom is -0.476 e. The van der Waals surface area contributed by atoms with Gasteiger partial charge in [0, 0.05) is 0 Å². The van der Waals surface area contributed by atoms with Crippen LogP contribution in [0.3, 0.4) is 0 Å². The van der Waals surface area contributed by atoms with Gasteiger partial charge in [-0.1, -0.05) is 60.7 Å². The van der Waals surface area contributed by atoms with Crippen molar-refractivity contribution in [2.24, 2.45) is 0 Å². The Morgan fingerprint density at radius 2 is 1.12 bits per heavy atom. The summed E-state index contributed by atoms with van der Waals surface area (Å²) < 4.78 is 0. The Balaban J connectivity index is 0.000000249. The molecule has 3 nitrogen and oxygen atoms in total. The number of hydrogen-bond donors (Lipinski definition) is 1. The molecule has 2 rings (SSSR count). The second-order valence-electron chi connectivity index (χ2n) is 3.19. The predicted octanol–water partition coefficient (Wildman–Crippen LogP) is 2.62. The molecule has 86 valence electrons. The molecule has 0 aliphatic carbocycles. The van der Waals surface area contributed by atoms with E-state index in [-0.39, 0.29) is 6.29 Å². The van der Waals surface area contributed by atoms with E-state index in [9.17, 15) is 0 Å². The van der Waals surface area contributed by atoms with Gasteiger partial charge in [-0.2, -0.15) is 0 Å². The normalized spacial score (nSPS) is 8.71. The fourth-order valence-corrected chi connectivity index (χ4v) is 1.26. The number of carboxylic acid groups (broad SMARTS) is 1. The summed E-state index contributed by atoms with van der Waals surface area (Å²) in [5, 5.41) is 7.35. The van der Waals surface area contributed by atoms with E-state index in [1.54, 1.807) is 0 Å². The Bertz CT molecular complexity index is 426. The summed E-state index contributed by atoms with van der Waals surface area (Å²) in [6, 6.07) is 20.8. The molecule has 2 aromatic carbocycles. The number of aldehydes is 1. The molecular weight excluding hydrogens is 216 g/mol. The molecule has 0 bridgehead atoms. The summed E-state index contributed by atoms with van der Waals surface area (Å²) in [4.78, 5) is 17.9.